The highest BCUT2D eigenvalue weighted by molar-refractivity contribution is 5.70. The van der Waals surface area contributed by atoms with E-state index in [0.717, 1.165) is 11.1 Å². The molecule has 0 unspecified atom stereocenters. The van der Waals surface area contributed by atoms with E-state index in [1.165, 1.54) is 31.4 Å². The summed E-state index contributed by atoms with van der Waals surface area (Å²) in [7, 11) is 0. The molecule has 1 aliphatic carbocycles. The van der Waals surface area contributed by atoms with Gasteiger partial charge >= 0.3 is 12.3 Å². The summed E-state index contributed by atoms with van der Waals surface area (Å²) in [6.07, 6.45) is -0.511. The van der Waals surface area contributed by atoms with E-state index < -0.39 is 23.8 Å². The maximum atomic E-state index is 14.6. The number of alkyl halides is 3. The van der Waals surface area contributed by atoms with Gasteiger partial charge in [0.15, 0.2) is 0 Å². The van der Waals surface area contributed by atoms with Gasteiger partial charge in [0.05, 0.1) is 18.4 Å². The largest absolute Gasteiger partial charge is 0.503 e. The average Bonchev–Trinajstić information content (AvgIpc) is 3.17. The molecular formula is C22H21F4N3O4. The number of H-pyrrole nitrogens is 1. The summed E-state index contributed by atoms with van der Waals surface area (Å²) >= 11 is 0. The molecule has 1 aromatic carbocycles. The standard InChI is InChI=1S/C21H19F4N3O.CH2O3/c1-12-7-19(29-11-13-3-2-4-13)26-9-16(12)14-5-6-15(17(22)8-14)20-27-10-18(28-20)21(23,24)25;2-1(3)4/h5-10,13H,2-4,11H2,1H3,(H,27,28);(H2,2,3,4). The Balaban J connectivity index is 0.000000709. The van der Waals surface area contributed by atoms with Crippen LogP contribution < -0.4 is 4.74 Å². The van der Waals surface area contributed by atoms with Crippen LogP contribution in [0.3, 0.4) is 0 Å². The number of nitrogens with one attached hydrogen (secondary N) is 1. The number of ether oxygens (including phenoxy) is 1. The predicted octanol–water partition coefficient (Wildman–Crippen LogP) is 6.01. The van der Waals surface area contributed by atoms with Crippen LogP contribution in [0.5, 0.6) is 5.88 Å². The van der Waals surface area contributed by atoms with Crippen LogP contribution in [-0.4, -0.2) is 37.9 Å². The molecule has 0 bridgehead atoms. The number of nitrogens with zero attached hydrogens (tertiary/aromatic N) is 2. The van der Waals surface area contributed by atoms with Crippen molar-refractivity contribution < 1.29 is 37.3 Å². The quantitative estimate of drug-likeness (QED) is 0.397. The molecule has 33 heavy (non-hydrogen) atoms. The lowest BCUT2D eigenvalue weighted by atomic mass is 9.86. The minimum absolute atomic E-state index is 0.0321. The van der Waals surface area contributed by atoms with Crippen molar-refractivity contribution in [1.82, 2.24) is 15.0 Å². The highest BCUT2D eigenvalue weighted by Crippen LogP contribution is 2.33. The van der Waals surface area contributed by atoms with E-state index in [1.54, 1.807) is 12.3 Å². The van der Waals surface area contributed by atoms with Gasteiger partial charge in [0.2, 0.25) is 5.88 Å². The Labute approximate surface area is 186 Å². The summed E-state index contributed by atoms with van der Waals surface area (Å²) in [5, 5.41) is 13.9. The normalized spacial score (nSPS) is 13.6. The van der Waals surface area contributed by atoms with E-state index >= 15 is 0 Å². The van der Waals surface area contributed by atoms with Gasteiger partial charge in [-0.2, -0.15) is 13.2 Å². The van der Waals surface area contributed by atoms with Crippen molar-refractivity contribution >= 4 is 6.16 Å². The first kappa shape index (κ1) is 24.0. The molecule has 0 saturated heterocycles. The number of hydrogen-bond donors (Lipinski definition) is 3. The van der Waals surface area contributed by atoms with E-state index in [4.69, 9.17) is 19.7 Å². The first-order valence-electron chi connectivity index (χ1n) is 9.98. The molecule has 2 heterocycles. The van der Waals surface area contributed by atoms with Crippen LogP contribution in [0.1, 0.15) is 30.5 Å². The number of aromatic nitrogens is 3. The smallest absolute Gasteiger partial charge is 0.477 e. The highest BCUT2D eigenvalue weighted by Gasteiger charge is 2.33. The van der Waals surface area contributed by atoms with Crippen LogP contribution in [0.2, 0.25) is 0 Å². The molecule has 4 rings (SSSR count). The number of benzene rings is 1. The number of hydrogen-bond acceptors (Lipinski definition) is 4. The number of aryl methyl sites for hydroxylation is 1. The van der Waals surface area contributed by atoms with Gasteiger partial charge < -0.3 is 19.9 Å². The maximum absolute atomic E-state index is 14.6. The van der Waals surface area contributed by atoms with E-state index in [0.29, 0.717) is 30.2 Å². The van der Waals surface area contributed by atoms with Crippen molar-refractivity contribution in [1.29, 1.82) is 0 Å². The number of carbonyl (C=O) groups is 1. The summed E-state index contributed by atoms with van der Waals surface area (Å²) in [4.78, 5) is 18.6. The Hall–Kier alpha value is -3.63. The van der Waals surface area contributed by atoms with Crippen LogP contribution in [0, 0.1) is 18.7 Å². The summed E-state index contributed by atoms with van der Waals surface area (Å²) in [6, 6.07) is 6.11. The Kier molecular flexibility index (Phi) is 7.19. The molecule has 0 radical (unpaired) electrons. The predicted molar refractivity (Wildman–Crippen MR) is 110 cm³/mol. The van der Waals surface area contributed by atoms with Gasteiger partial charge in [0, 0.05) is 17.8 Å². The van der Waals surface area contributed by atoms with Gasteiger partial charge in [-0.15, -0.1) is 0 Å². The zero-order valence-corrected chi connectivity index (χ0v) is 17.5. The summed E-state index contributed by atoms with van der Waals surface area (Å²) in [5.41, 5.74) is 1.11. The van der Waals surface area contributed by atoms with E-state index in [-0.39, 0.29) is 11.4 Å². The van der Waals surface area contributed by atoms with Crippen molar-refractivity contribution in [2.75, 3.05) is 6.61 Å². The first-order valence-corrected chi connectivity index (χ1v) is 9.98. The minimum Gasteiger partial charge on any atom is -0.477 e. The Bertz CT molecular complexity index is 1120. The van der Waals surface area contributed by atoms with E-state index in [2.05, 4.69) is 15.0 Å². The van der Waals surface area contributed by atoms with Gasteiger partial charge in [-0.25, -0.2) is 19.2 Å². The molecule has 2 aromatic heterocycles. The molecule has 3 aromatic rings. The molecule has 176 valence electrons. The number of carboxylic acid groups (broad SMARTS) is 2. The molecule has 7 nitrogen and oxygen atoms in total. The van der Waals surface area contributed by atoms with Crippen molar-refractivity contribution in [3.05, 3.63) is 53.7 Å². The molecule has 1 saturated carbocycles. The third-order valence-electron chi connectivity index (χ3n) is 5.19. The molecular weight excluding hydrogens is 446 g/mol. The molecule has 0 spiro atoms. The van der Waals surface area contributed by atoms with Gasteiger partial charge in [0.1, 0.15) is 17.3 Å². The topological polar surface area (TPSA) is 108 Å². The fraction of sp³-hybridized carbons (Fsp3) is 0.318. The van der Waals surface area contributed by atoms with Crippen LogP contribution in [0.4, 0.5) is 22.4 Å². The van der Waals surface area contributed by atoms with Crippen LogP contribution in [0.25, 0.3) is 22.5 Å². The zero-order valence-electron chi connectivity index (χ0n) is 17.5. The summed E-state index contributed by atoms with van der Waals surface area (Å²) in [6.45, 7) is 2.53. The third-order valence-corrected chi connectivity index (χ3v) is 5.19. The van der Waals surface area contributed by atoms with Crippen LogP contribution in [-0.2, 0) is 6.18 Å². The first-order chi connectivity index (χ1) is 15.5. The van der Waals surface area contributed by atoms with Crippen LogP contribution in [0.15, 0.2) is 36.7 Å². The molecule has 3 N–H and O–H groups in total. The fourth-order valence-corrected chi connectivity index (χ4v) is 3.25. The number of rotatable bonds is 5. The third kappa shape index (κ3) is 6.21. The average molecular weight is 467 g/mol. The number of aromatic amines is 1. The summed E-state index contributed by atoms with van der Waals surface area (Å²) < 4.78 is 58.5. The molecule has 0 aliphatic heterocycles. The number of imidazole rings is 1. The van der Waals surface area contributed by atoms with Gasteiger partial charge in [-0.3, -0.25) is 0 Å². The molecule has 0 atom stereocenters. The monoisotopic (exact) mass is 467 g/mol. The number of pyridine rings is 1. The second-order valence-electron chi connectivity index (χ2n) is 7.57. The Morgan fingerprint density at radius 1 is 1.15 bits per heavy atom. The lowest BCUT2D eigenvalue weighted by Crippen LogP contribution is -2.19. The molecule has 1 aliphatic rings. The van der Waals surface area contributed by atoms with Crippen molar-refractivity contribution in [3.63, 3.8) is 0 Å². The Morgan fingerprint density at radius 3 is 2.36 bits per heavy atom. The van der Waals surface area contributed by atoms with Crippen molar-refractivity contribution in [2.45, 2.75) is 32.4 Å². The fourth-order valence-electron chi connectivity index (χ4n) is 3.25. The SMILES string of the molecule is Cc1cc(OCC2CCC2)ncc1-c1ccc(-c2ncc(C(F)(F)F)[nH]2)c(F)c1.O=C(O)O. The molecule has 1 fully saturated rings. The lowest BCUT2D eigenvalue weighted by Gasteiger charge is -2.24. The van der Waals surface area contributed by atoms with Gasteiger partial charge in [0.25, 0.3) is 0 Å². The summed E-state index contributed by atoms with van der Waals surface area (Å²) in [5.74, 6) is 0.287. The molecule has 0 amide bonds. The molecule has 11 heteroatoms. The van der Waals surface area contributed by atoms with E-state index in [9.17, 15) is 17.6 Å². The van der Waals surface area contributed by atoms with Crippen molar-refractivity contribution in [2.24, 2.45) is 5.92 Å². The second-order valence-corrected chi connectivity index (χ2v) is 7.57. The van der Waals surface area contributed by atoms with E-state index in [1.807, 2.05) is 13.0 Å². The lowest BCUT2D eigenvalue weighted by molar-refractivity contribution is -0.140. The van der Waals surface area contributed by atoms with Crippen LogP contribution >= 0.6 is 0 Å². The zero-order chi connectivity index (χ0) is 24.2. The number of halogens is 4. The van der Waals surface area contributed by atoms with Gasteiger partial charge in [-0.1, -0.05) is 12.5 Å². The second kappa shape index (κ2) is 9.88. The van der Waals surface area contributed by atoms with Gasteiger partial charge in [-0.05, 0) is 48.9 Å². The van der Waals surface area contributed by atoms with Crippen molar-refractivity contribution in [3.8, 4) is 28.4 Å². The highest BCUT2D eigenvalue weighted by atomic mass is 19.4. The Morgan fingerprint density at radius 2 is 1.85 bits per heavy atom. The maximum Gasteiger partial charge on any atom is 0.503 e. The minimum atomic E-state index is -4.56.